The van der Waals surface area contributed by atoms with Crippen molar-refractivity contribution in [1.29, 1.82) is 0 Å². The van der Waals surface area contributed by atoms with E-state index in [1.54, 1.807) is 49.4 Å². The highest BCUT2D eigenvalue weighted by molar-refractivity contribution is 9.10. The quantitative estimate of drug-likeness (QED) is 0.328. The van der Waals surface area contributed by atoms with Gasteiger partial charge >= 0.3 is 0 Å². The molecule has 0 fully saturated rings. The molecule has 0 aliphatic heterocycles. The number of benzene rings is 2. The predicted molar refractivity (Wildman–Crippen MR) is 127 cm³/mol. The van der Waals surface area contributed by atoms with E-state index in [4.69, 9.17) is 4.42 Å². The Kier molecular flexibility index (Phi) is 7.34. The van der Waals surface area contributed by atoms with Crippen LogP contribution in [0, 0.1) is 13.8 Å². The summed E-state index contributed by atoms with van der Waals surface area (Å²) in [7, 11) is -3.99. The van der Waals surface area contributed by atoms with Gasteiger partial charge < -0.3 is 4.42 Å². The number of sulfonamides is 1. The number of hydrazone groups is 1. The molecular weight excluding hydrogens is 550 g/mol. The van der Waals surface area contributed by atoms with E-state index in [-0.39, 0.29) is 4.90 Å². The first-order valence-electron chi connectivity index (χ1n) is 9.09. The van der Waals surface area contributed by atoms with Gasteiger partial charge in [0, 0.05) is 10.5 Å². The van der Waals surface area contributed by atoms with Crippen LogP contribution in [0.3, 0.4) is 0 Å². The Morgan fingerprint density at radius 2 is 1.84 bits per heavy atom. The first-order chi connectivity index (χ1) is 14.7. The van der Waals surface area contributed by atoms with Gasteiger partial charge in [0.15, 0.2) is 0 Å². The van der Waals surface area contributed by atoms with E-state index in [0.717, 1.165) is 14.3 Å². The molecule has 10 heteroatoms. The Morgan fingerprint density at radius 1 is 1.13 bits per heavy atom. The third-order valence-electron chi connectivity index (χ3n) is 4.25. The van der Waals surface area contributed by atoms with Gasteiger partial charge in [-0.15, -0.1) is 0 Å². The molecule has 1 N–H and O–H groups in total. The second-order valence-electron chi connectivity index (χ2n) is 6.65. The minimum atomic E-state index is -3.99. The maximum absolute atomic E-state index is 13.3. The number of furan rings is 1. The molecule has 162 valence electrons. The number of anilines is 1. The number of nitrogens with one attached hydrogen (secondary N) is 1. The lowest BCUT2D eigenvalue weighted by atomic mass is 10.2. The molecule has 1 heterocycles. The summed E-state index contributed by atoms with van der Waals surface area (Å²) in [5.74, 6) is 0.521. The first-order valence-corrected chi connectivity index (χ1v) is 12.1. The second kappa shape index (κ2) is 9.80. The number of carbonyl (C=O) groups excluding carboxylic acids is 1. The first kappa shape index (κ1) is 23.2. The fourth-order valence-corrected chi connectivity index (χ4v) is 4.77. The molecular formula is C21H19Br2N3O4S. The van der Waals surface area contributed by atoms with Gasteiger partial charge in [-0.3, -0.25) is 9.10 Å². The van der Waals surface area contributed by atoms with Gasteiger partial charge in [-0.25, -0.2) is 13.8 Å². The monoisotopic (exact) mass is 567 g/mol. The van der Waals surface area contributed by atoms with E-state index in [9.17, 15) is 13.2 Å². The molecule has 0 spiro atoms. The highest BCUT2D eigenvalue weighted by Gasteiger charge is 2.27. The third-order valence-corrected chi connectivity index (χ3v) is 7.32. The van der Waals surface area contributed by atoms with Crippen LogP contribution in [0.25, 0.3) is 0 Å². The second-order valence-corrected chi connectivity index (χ2v) is 10.3. The number of halogens is 2. The molecule has 0 aliphatic carbocycles. The third kappa shape index (κ3) is 5.84. The van der Waals surface area contributed by atoms with Gasteiger partial charge in [0.1, 0.15) is 18.1 Å². The lowest BCUT2D eigenvalue weighted by Gasteiger charge is -2.24. The molecule has 2 aromatic carbocycles. The summed E-state index contributed by atoms with van der Waals surface area (Å²) >= 11 is 6.67. The molecule has 0 atom stereocenters. The molecule has 0 bridgehead atoms. The number of amides is 1. The van der Waals surface area contributed by atoms with Crippen LogP contribution in [0.4, 0.5) is 5.69 Å². The summed E-state index contributed by atoms with van der Waals surface area (Å²) < 4.78 is 34.5. The van der Waals surface area contributed by atoms with Crippen molar-refractivity contribution >= 4 is 59.7 Å². The smallest absolute Gasteiger partial charge is 0.264 e. The van der Waals surface area contributed by atoms with Gasteiger partial charge in [-0.05, 0) is 60.1 Å². The van der Waals surface area contributed by atoms with Crippen molar-refractivity contribution in [3.8, 4) is 0 Å². The maximum Gasteiger partial charge on any atom is 0.264 e. The van der Waals surface area contributed by atoms with Crippen LogP contribution in [0.5, 0.6) is 0 Å². The Hall–Kier alpha value is -2.43. The van der Waals surface area contributed by atoms with Crippen LogP contribution in [0.1, 0.15) is 17.1 Å². The molecule has 3 aromatic rings. The molecule has 7 nitrogen and oxygen atoms in total. The van der Waals surface area contributed by atoms with Crippen molar-refractivity contribution in [2.45, 2.75) is 18.7 Å². The predicted octanol–water partition coefficient (Wildman–Crippen LogP) is 4.77. The Balaban J connectivity index is 1.84. The van der Waals surface area contributed by atoms with Crippen molar-refractivity contribution < 1.29 is 17.6 Å². The van der Waals surface area contributed by atoms with E-state index in [1.807, 2.05) is 6.92 Å². The molecule has 0 radical (unpaired) electrons. The van der Waals surface area contributed by atoms with E-state index in [0.29, 0.717) is 21.7 Å². The average molecular weight is 569 g/mol. The van der Waals surface area contributed by atoms with Crippen molar-refractivity contribution in [3.63, 3.8) is 0 Å². The van der Waals surface area contributed by atoms with Crippen LogP contribution in [-0.4, -0.2) is 27.1 Å². The molecule has 1 aromatic heterocycles. The van der Waals surface area contributed by atoms with Crippen molar-refractivity contribution in [3.05, 3.63) is 80.6 Å². The molecule has 1 amide bonds. The lowest BCUT2D eigenvalue weighted by molar-refractivity contribution is -0.119. The van der Waals surface area contributed by atoms with Crippen LogP contribution < -0.4 is 9.73 Å². The zero-order valence-corrected chi connectivity index (χ0v) is 20.7. The molecule has 0 saturated heterocycles. The van der Waals surface area contributed by atoms with E-state index in [1.165, 1.54) is 18.3 Å². The van der Waals surface area contributed by atoms with Crippen molar-refractivity contribution in [1.82, 2.24) is 5.43 Å². The zero-order chi connectivity index (χ0) is 22.6. The minimum absolute atomic E-state index is 0.0882. The Morgan fingerprint density at radius 3 is 2.45 bits per heavy atom. The number of hydrogen-bond acceptors (Lipinski definition) is 5. The molecule has 31 heavy (non-hydrogen) atoms. The van der Waals surface area contributed by atoms with E-state index in [2.05, 4.69) is 42.4 Å². The summed E-state index contributed by atoms with van der Waals surface area (Å²) in [5, 5.41) is 3.86. The molecule has 0 saturated carbocycles. The summed E-state index contributed by atoms with van der Waals surface area (Å²) in [6.45, 7) is 3.20. The Labute approximate surface area is 197 Å². The van der Waals surface area contributed by atoms with Gasteiger partial charge in [-0.1, -0.05) is 39.7 Å². The number of rotatable bonds is 7. The molecule has 3 rings (SSSR count). The number of nitrogens with zero attached hydrogens (tertiary/aromatic N) is 2. The van der Waals surface area contributed by atoms with E-state index >= 15 is 0 Å². The SMILES string of the molecule is Cc1ccc(S(=O)(=O)N(CC(=O)N/N=C\c2cc(Br)c(C)o2)c2cccc(Br)c2)cc1. The topological polar surface area (TPSA) is 92.0 Å². The van der Waals surface area contributed by atoms with Gasteiger partial charge in [0.25, 0.3) is 15.9 Å². The zero-order valence-electron chi connectivity index (χ0n) is 16.7. The van der Waals surface area contributed by atoms with Crippen molar-refractivity contribution in [2.75, 3.05) is 10.8 Å². The average Bonchev–Trinajstić information content (AvgIpc) is 3.03. The summed E-state index contributed by atoms with van der Waals surface area (Å²) in [6, 6.07) is 14.9. The number of hydrogen-bond donors (Lipinski definition) is 1. The summed E-state index contributed by atoms with van der Waals surface area (Å²) in [4.78, 5) is 12.6. The largest absolute Gasteiger partial charge is 0.459 e. The normalized spacial score (nSPS) is 11.6. The van der Waals surface area contributed by atoms with Crippen LogP contribution in [0.15, 0.2) is 78.0 Å². The highest BCUT2D eigenvalue weighted by atomic mass is 79.9. The minimum Gasteiger partial charge on any atom is -0.459 e. The van der Waals surface area contributed by atoms with Crippen LogP contribution in [0.2, 0.25) is 0 Å². The Bertz CT molecular complexity index is 1200. The standard InChI is InChI=1S/C21H19Br2N3O4S/c1-14-6-8-19(9-7-14)31(28,29)26(17-5-3-4-16(22)10-17)13-21(27)25-24-12-18-11-20(23)15(2)30-18/h3-12H,13H2,1-2H3,(H,25,27)/b24-12-. The van der Waals surface area contributed by atoms with Gasteiger partial charge in [0.2, 0.25) is 0 Å². The summed E-state index contributed by atoms with van der Waals surface area (Å²) in [6.07, 6.45) is 1.34. The highest BCUT2D eigenvalue weighted by Crippen LogP contribution is 2.26. The number of carbonyl (C=O) groups is 1. The van der Waals surface area contributed by atoms with Gasteiger partial charge in [0.05, 0.1) is 21.3 Å². The van der Waals surface area contributed by atoms with Crippen LogP contribution in [-0.2, 0) is 14.8 Å². The van der Waals surface area contributed by atoms with Crippen molar-refractivity contribution in [2.24, 2.45) is 5.10 Å². The fourth-order valence-electron chi connectivity index (χ4n) is 2.66. The number of aryl methyl sites for hydroxylation is 2. The van der Waals surface area contributed by atoms with Gasteiger partial charge in [-0.2, -0.15) is 5.10 Å². The maximum atomic E-state index is 13.3. The van der Waals surface area contributed by atoms with E-state index < -0.39 is 22.5 Å². The fraction of sp³-hybridized carbons (Fsp3) is 0.143. The van der Waals surface area contributed by atoms with Crippen LogP contribution >= 0.6 is 31.9 Å². The molecule has 0 aliphatic rings. The lowest BCUT2D eigenvalue weighted by Crippen LogP contribution is -2.39. The molecule has 0 unspecified atom stereocenters. The summed E-state index contributed by atoms with van der Waals surface area (Å²) in [5.41, 5.74) is 3.62.